The summed E-state index contributed by atoms with van der Waals surface area (Å²) in [4.78, 5) is 31.0. The van der Waals surface area contributed by atoms with Gasteiger partial charge in [-0.25, -0.2) is 4.79 Å². The van der Waals surface area contributed by atoms with E-state index in [0.717, 1.165) is 28.9 Å². The number of nitrogens with zero attached hydrogens (tertiary/aromatic N) is 2. The van der Waals surface area contributed by atoms with Crippen molar-refractivity contribution in [3.63, 3.8) is 0 Å². The van der Waals surface area contributed by atoms with Gasteiger partial charge in [-0.2, -0.15) is 0 Å². The summed E-state index contributed by atoms with van der Waals surface area (Å²) in [6.07, 6.45) is 0.821. The number of likely N-dealkylation sites (N-methyl/N-ethyl adjacent to an activating group) is 1. The molecule has 2 heterocycles. The minimum absolute atomic E-state index is 0.0224. The number of aryl methyl sites for hydroxylation is 2. The lowest BCUT2D eigenvalue weighted by molar-refractivity contribution is -0.135. The van der Waals surface area contributed by atoms with Gasteiger partial charge >= 0.3 is 6.03 Å². The normalized spacial score (nSPS) is 14.9. The second-order valence-electron chi connectivity index (χ2n) is 8.54. The molecule has 0 spiro atoms. The Kier molecular flexibility index (Phi) is 7.53. The number of amides is 3. The van der Waals surface area contributed by atoms with E-state index in [9.17, 15) is 9.59 Å². The van der Waals surface area contributed by atoms with Crippen LogP contribution in [0.15, 0.2) is 60.0 Å². The van der Waals surface area contributed by atoms with Gasteiger partial charge in [0.05, 0.1) is 6.04 Å². The highest BCUT2D eigenvalue weighted by molar-refractivity contribution is 7.10. The summed E-state index contributed by atoms with van der Waals surface area (Å²) in [7, 11) is 0. The van der Waals surface area contributed by atoms with Gasteiger partial charge in [0.15, 0.2) is 0 Å². The lowest BCUT2D eigenvalue weighted by atomic mass is 10.0. The lowest BCUT2D eigenvalue weighted by Crippen LogP contribution is -2.48. The number of hydrogen-bond donors (Lipinski definition) is 1. The maximum atomic E-state index is 13.4. The standard InChI is InChI=1S/C27H31N3O3S/c1-4-29(27(32)28-21-11-9-19(2)10-12-21)17-26(31)30-15-13-25-22(14-16-34-25)23(30)18-33-24-8-6-5-7-20(24)3/h5-12,14,16,23H,4,13,15,17-18H2,1-3H3,(H,28,32)/t23-/m0/s1. The van der Waals surface area contributed by atoms with Crippen molar-refractivity contribution in [3.8, 4) is 5.75 Å². The number of urea groups is 1. The summed E-state index contributed by atoms with van der Waals surface area (Å²) in [5.74, 6) is 0.751. The molecule has 0 saturated heterocycles. The third-order valence-electron chi connectivity index (χ3n) is 6.20. The van der Waals surface area contributed by atoms with E-state index in [4.69, 9.17) is 4.74 Å². The zero-order chi connectivity index (χ0) is 24.1. The zero-order valence-electron chi connectivity index (χ0n) is 19.9. The van der Waals surface area contributed by atoms with Crippen molar-refractivity contribution in [1.82, 2.24) is 9.80 Å². The molecule has 34 heavy (non-hydrogen) atoms. The van der Waals surface area contributed by atoms with Crippen LogP contribution in [-0.4, -0.2) is 48.0 Å². The summed E-state index contributed by atoms with van der Waals surface area (Å²) >= 11 is 1.73. The Bertz CT molecular complexity index is 1140. The molecule has 4 rings (SSSR count). The van der Waals surface area contributed by atoms with Gasteiger partial charge in [0, 0.05) is 23.7 Å². The molecular weight excluding hydrogens is 446 g/mol. The molecule has 0 aliphatic carbocycles. The summed E-state index contributed by atoms with van der Waals surface area (Å²) in [5.41, 5.74) is 4.04. The highest BCUT2D eigenvalue weighted by Gasteiger charge is 2.33. The molecule has 0 fully saturated rings. The van der Waals surface area contributed by atoms with Crippen LogP contribution in [0.2, 0.25) is 0 Å². The highest BCUT2D eigenvalue weighted by Crippen LogP contribution is 2.34. The van der Waals surface area contributed by atoms with E-state index in [2.05, 4.69) is 16.8 Å². The lowest BCUT2D eigenvalue weighted by Gasteiger charge is -2.37. The molecule has 1 aromatic heterocycles. The van der Waals surface area contributed by atoms with Crippen molar-refractivity contribution in [3.05, 3.63) is 81.5 Å². The Hall–Kier alpha value is -3.32. The first kappa shape index (κ1) is 23.8. The number of hydrogen-bond acceptors (Lipinski definition) is 4. The van der Waals surface area contributed by atoms with Gasteiger partial charge in [0.2, 0.25) is 5.91 Å². The Morgan fingerprint density at radius 2 is 1.88 bits per heavy atom. The van der Waals surface area contributed by atoms with Gasteiger partial charge in [-0.05, 0) is 68.0 Å². The number of benzene rings is 2. The third kappa shape index (κ3) is 5.42. The van der Waals surface area contributed by atoms with Crippen molar-refractivity contribution in [2.45, 2.75) is 33.2 Å². The van der Waals surface area contributed by atoms with Gasteiger partial charge in [-0.15, -0.1) is 11.3 Å². The Morgan fingerprint density at radius 3 is 2.62 bits per heavy atom. The predicted octanol–water partition coefficient (Wildman–Crippen LogP) is 5.42. The number of ether oxygens (including phenoxy) is 1. The van der Waals surface area contributed by atoms with E-state index in [0.29, 0.717) is 25.4 Å². The number of anilines is 1. The van der Waals surface area contributed by atoms with Crippen LogP contribution in [0, 0.1) is 13.8 Å². The van der Waals surface area contributed by atoms with E-state index in [1.54, 1.807) is 16.2 Å². The summed E-state index contributed by atoms with van der Waals surface area (Å²) in [6.45, 7) is 7.35. The molecule has 1 aliphatic heterocycles. The quantitative estimate of drug-likeness (QED) is 0.494. The van der Waals surface area contributed by atoms with E-state index >= 15 is 0 Å². The van der Waals surface area contributed by atoms with E-state index in [1.807, 2.05) is 74.2 Å². The number of rotatable bonds is 7. The average Bonchev–Trinajstić information content (AvgIpc) is 3.32. The molecule has 1 atom stereocenters. The Morgan fingerprint density at radius 1 is 1.12 bits per heavy atom. The molecule has 6 nitrogen and oxygen atoms in total. The molecule has 1 N–H and O–H groups in total. The van der Waals surface area contributed by atoms with Gasteiger partial charge < -0.3 is 19.9 Å². The summed E-state index contributed by atoms with van der Waals surface area (Å²) in [6, 6.07) is 17.2. The smallest absolute Gasteiger partial charge is 0.322 e. The molecule has 1 aliphatic rings. The second kappa shape index (κ2) is 10.7. The maximum absolute atomic E-state index is 13.4. The Labute approximate surface area is 205 Å². The highest BCUT2D eigenvalue weighted by atomic mass is 32.1. The monoisotopic (exact) mass is 477 g/mol. The van der Waals surface area contributed by atoms with Crippen LogP contribution in [0.5, 0.6) is 5.75 Å². The fourth-order valence-corrected chi connectivity index (χ4v) is 5.11. The molecule has 3 aromatic rings. The first-order valence-corrected chi connectivity index (χ1v) is 12.5. The number of para-hydroxylation sites is 1. The predicted molar refractivity (Wildman–Crippen MR) is 137 cm³/mol. The number of fused-ring (bicyclic) bond motifs is 1. The zero-order valence-corrected chi connectivity index (χ0v) is 20.7. The molecule has 0 saturated carbocycles. The molecule has 7 heteroatoms. The second-order valence-corrected chi connectivity index (χ2v) is 9.54. The molecule has 0 unspecified atom stereocenters. The average molecular weight is 478 g/mol. The van der Waals surface area contributed by atoms with Crippen LogP contribution in [0.25, 0.3) is 0 Å². The van der Waals surface area contributed by atoms with Crippen molar-refractivity contribution in [2.75, 3.05) is 31.6 Å². The molecule has 2 aromatic carbocycles. The number of carbonyl (C=O) groups excluding carboxylic acids is 2. The first-order valence-electron chi connectivity index (χ1n) is 11.6. The topological polar surface area (TPSA) is 61.9 Å². The third-order valence-corrected chi connectivity index (χ3v) is 7.20. The molecular formula is C27H31N3O3S. The van der Waals surface area contributed by atoms with E-state index < -0.39 is 0 Å². The van der Waals surface area contributed by atoms with Crippen molar-refractivity contribution >= 4 is 29.0 Å². The molecule has 178 valence electrons. The van der Waals surface area contributed by atoms with Crippen molar-refractivity contribution < 1.29 is 14.3 Å². The largest absolute Gasteiger partial charge is 0.491 e. The number of carbonyl (C=O) groups is 2. The van der Waals surface area contributed by atoms with E-state index in [1.165, 1.54) is 4.88 Å². The summed E-state index contributed by atoms with van der Waals surface area (Å²) < 4.78 is 6.17. The fourth-order valence-electron chi connectivity index (χ4n) is 4.18. The molecule has 3 amide bonds. The minimum Gasteiger partial charge on any atom is -0.491 e. The number of nitrogens with one attached hydrogen (secondary N) is 1. The van der Waals surface area contributed by atoms with Crippen molar-refractivity contribution in [1.29, 1.82) is 0 Å². The molecule has 0 radical (unpaired) electrons. The Balaban J connectivity index is 1.46. The van der Waals surface area contributed by atoms with Crippen LogP contribution < -0.4 is 10.1 Å². The van der Waals surface area contributed by atoms with Crippen LogP contribution in [-0.2, 0) is 11.2 Å². The van der Waals surface area contributed by atoms with E-state index in [-0.39, 0.29) is 24.5 Å². The van der Waals surface area contributed by atoms with Crippen LogP contribution in [0.1, 0.15) is 34.5 Å². The van der Waals surface area contributed by atoms with Crippen LogP contribution in [0.4, 0.5) is 10.5 Å². The van der Waals surface area contributed by atoms with Crippen LogP contribution in [0.3, 0.4) is 0 Å². The van der Waals surface area contributed by atoms with Gasteiger partial charge in [-0.1, -0.05) is 35.9 Å². The molecule has 0 bridgehead atoms. The van der Waals surface area contributed by atoms with Crippen LogP contribution >= 0.6 is 11.3 Å². The summed E-state index contributed by atoms with van der Waals surface area (Å²) in [5, 5.41) is 4.97. The minimum atomic E-state index is -0.277. The van der Waals surface area contributed by atoms with Crippen molar-refractivity contribution in [2.24, 2.45) is 0 Å². The van der Waals surface area contributed by atoms with Gasteiger partial charge in [0.1, 0.15) is 18.9 Å². The van der Waals surface area contributed by atoms with Gasteiger partial charge in [0.25, 0.3) is 0 Å². The maximum Gasteiger partial charge on any atom is 0.322 e. The van der Waals surface area contributed by atoms with Gasteiger partial charge in [-0.3, -0.25) is 4.79 Å². The first-order chi connectivity index (χ1) is 16.5. The SMILES string of the molecule is CCN(CC(=O)N1CCc2sccc2[C@@H]1COc1ccccc1C)C(=O)Nc1ccc(C)cc1. The number of thiophene rings is 1. The fraction of sp³-hybridized carbons (Fsp3) is 0.333.